The quantitative estimate of drug-likeness (QED) is 0.791. The van der Waals surface area contributed by atoms with Crippen LogP contribution in [-0.4, -0.2) is 24.8 Å². The van der Waals surface area contributed by atoms with Crippen molar-refractivity contribution in [1.29, 1.82) is 0 Å². The van der Waals surface area contributed by atoms with Crippen LogP contribution in [0.1, 0.15) is 24.2 Å². The van der Waals surface area contributed by atoms with Crippen LogP contribution in [0.5, 0.6) is 5.75 Å². The van der Waals surface area contributed by atoms with Crippen molar-refractivity contribution in [2.24, 2.45) is 0 Å². The Morgan fingerprint density at radius 2 is 1.61 bits per heavy atom. The van der Waals surface area contributed by atoms with Gasteiger partial charge >= 0.3 is 0 Å². The third-order valence-electron chi connectivity index (χ3n) is 3.54. The molecule has 3 nitrogen and oxygen atoms in total. The predicted octanol–water partition coefficient (Wildman–Crippen LogP) is 3.79. The van der Waals surface area contributed by atoms with E-state index in [4.69, 9.17) is 4.74 Å². The van der Waals surface area contributed by atoms with Gasteiger partial charge in [0.25, 0.3) is 0 Å². The van der Waals surface area contributed by atoms with Crippen molar-refractivity contribution < 1.29 is 9.84 Å². The molecule has 0 aliphatic rings. The molecular formula is C18H25Cl2NO2. The van der Waals surface area contributed by atoms with Gasteiger partial charge in [-0.05, 0) is 36.6 Å². The zero-order chi connectivity index (χ0) is 15.1. The molecule has 0 radical (unpaired) electrons. The number of aliphatic hydroxyl groups is 1. The summed E-state index contributed by atoms with van der Waals surface area (Å²) in [6, 6.07) is 18.1. The van der Waals surface area contributed by atoms with Gasteiger partial charge < -0.3 is 15.2 Å². The molecule has 2 unspecified atom stereocenters. The lowest BCUT2D eigenvalue weighted by Gasteiger charge is -2.17. The molecule has 2 rings (SSSR count). The van der Waals surface area contributed by atoms with Crippen LogP contribution >= 0.6 is 24.8 Å². The Labute approximate surface area is 150 Å². The molecule has 0 fully saturated rings. The molecule has 0 aliphatic carbocycles. The summed E-state index contributed by atoms with van der Waals surface area (Å²) in [5.41, 5.74) is 2.20. The average Bonchev–Trinajstić information content (AvgIpc) is 2.54. The Balaban J connectivity index is 0.00000242. The lowest BCUT2D eigenvalue weighted by molar-refractivity contribution is 0.170. The van der Waals surface area contributed by atoms with Gasteiger partial charge in [0, 0.05) is 12.6 Å². The van der Waals surface area contributed by atoms with Crippen molar-refractivity contribution in [3.8, 4) is 5.75 Å². The van der Waals surface area contributed by atoms with Gasteiger partial charge in [-0.15, -0.1) is 24.8 Å². The van der Waals surface area contributed by atoms with E-state index in [1.54, 1.807) is 7.11 Å². The average molecular weight is 358 g/mol. The van der Waals surface area contributed by atoms with E-state index < -0.39 is 6.10 Å². The Morgan fingerprint density at radius 1 is 1.00 bits per heavy atom. The molecule has 0 bridgehead atoms. The standard InChI is InChI=1S/C18H23NO2.2ClH/c1-14(12-15-8-10-17(21-2)11-9-15)19-13-18(20)16-6-4-3-5-7-16;;/h3-11,14,18-20H,12-13H2,1-2H3;2*1H. The summed E-state index contributed by atoms with van der Waals surface area (Å²) >= 11 is 0. The number of nitrogens with one attached hydrogen (secondary N) is 1. The zero-order valence-corrected chi connectivity index (χ0v) is 15.1. The van der Waals surface area contributed by atoms with E-state index >= 15 is 0 Å². The molecular weight excluding hydrogens is 333 g/mol. The van der Waals surface area contributed by atoms with Crippen LogP contribution in [0.3, 0.4) is 0 Å². The fraction of sp³-hybridized carbons (Fsp3) is 0.333. The summed E-state index contributed by atoms with van der Waals surface area (Å²) in [6.07, 6.45) is 0.454. The molecule has 128 valence electrons. The Hall–Kier alpha value is -1.26. The molecule has 23 heavy (non-hydrogen) atoms. The van der Waals surface area contributed by atoms with Gasteiger partial charge in [0.15, 0.2) is 0 Å². The number of methoxy groups -OCH3 is 1. The Morgan fingerprint density at radius 3 is 2.17 bits per heavy atom. The second-order valence-electron chi connectivity index (χ2n) is 5.29. The molecule has 2 atom stereocenters. The SMILES string of the molecule is COc1ccc(CC(C)NCC(O)c2ccccc2)cc1.Cl.Cl. The van der Waals surface area contributed by atoms with Crippen molar-refractivity contribution >= 4 is 24.8 Å². The van der Waals surface area contributed by atoms with Crippen LogP contribution in [0.4, 0.5) is 0 Å². The van der Waals surface area contributed by atoms with E-state index in [0.717, 1.165) is 17.7 Å². The fourth-order valence-corrected chi connectivity index (χ4v) is 2.29. The van der Waals surface area contributed by atoms with Crippen LogP contribution < -0.4 is 10.1 Å². The third kappa shape index (κ3) is 7.23. The summed E-state index contributed by atoms with van der Waals surface area (Å²) in [4.78, 5) is 0. The first-order valence-electron chi connectivity index (χ1n) is 7.28. The van der Waals surface area contributed by atoms with Crippen molar-refractivity contribution in [2.75, 3.05) is 13.7 Å². The smallest absolute Gasteiger partial charge is 0.118 e. The number of rotatable bonds is 7. The lowest BCUT2D eigenvalue weighted by atomic mass is 10.1. The maximum atomic E-state index is 10.1. The maximum absolute atomic E-state index is 10.1. The number of halogens is 2. The minimum atomic E-state index is -0.468. The van der Waals surface area contributed by atoms with E-state index in [9.17, 15) is 5.11 Å². The summed E-state index contributed by atoms with van der Waals surface area (Å²) < 4.78 is 5.15. The van der Waals surface area contributed by atoms with Crippen molar-refractivity contribution in [3.63, 3.8) is 0 Å². The van der Waals surface area contributed by atoms with E-state index in [0.29, 0.717) is 12.6 Å². The third-order valence-corrected chi connectivity index (χ3v) is 3.54. The topological polar surface area (TPSA) is 41.5 Å². The number of hydrogen-bond donors (Lipinski definition) is 2. The zero-order valence-electron chi connectivity index (χ0n) is 13.4. The second-order valence-corrected chi connectivity index (χ2v) is 5.29. The maximum Gasteiger partial charge on any atom is 0.118 e. The van der Waals surface area contributed by atoms with E-state index in [1.807, 2.05) is 42.5 Å². The molecule has 0 spiro atoms. The van der Waals surface area contributed by atoms with Gasteiger partial charge in [0.1, 0.15) is 5.75 Å². The molecule has 2 aromatic carbocycles. The van der Waals surface area contributed by atoms with Gasteiger partial charge in [0.2, 0.25) is 0 Å². The Bertz CT molecular complexity index is 534. The van der Waals surface area contributed by atoms with Crippen molar-refractivity contribution in [1.82, 2.24) is 5.32 Å². The summed E-state index contributed by atoms with van der Waals surface area (Å²) in [5, 5.41) is 13.5. The predicted molar refractivity (Wildman–Crippen MR) is 100 cm³/mol. The van der Waals surface area contributed by atoms with Crippen LogP contribution in [0.15, 0.2) is 54.6 Å². The van der Waals surface area contributed by atoms with Gasteiger partial charge in [-0.1, -0.05) is 42.5 Å². The highest BCUT2D eigenvalue weighted by Gasteiger charge is 2.09. The first kappa shape index (κ1) is 21.7. The van der Waals surface area contributed by atoms with Crippen LogP contribution in [-0.2, 0) is 6.42 Å². The number of ether oxygens (including phenoxy) is 1. The molecule has 5 heteroatoms. The normalized spacial score (nSPS) is 12.5. The monoisotopic (exact) mass is 357 g/mol. The minimum absolute atomic E-state index is 0. The first-order chi connectivity index (χ1) is 10.2. The molecule has 0 saturated carbocycles. The van der Waals surface area contributed by atoms with Gasteiger partial charge in [0.05, 0.1) is 13.2 Å². The fourth-order valence-electron chi connectivity index (χ4n) is 2.29. The van der Waals surface area contributed by atoms with Gasteiger partial charge in [-0.2, -0.15) is 0 Å². The highest BCUT2D eigenvalue weighted by atomic mass is 35.5. The van der Waals surface area contributed by atoms with Crippen LogP contribution in [0.2, 0.25) is 0 Å². The number of hydrogen-bond acceptors (Lipinski definition) is 3. The molecule has 0 saturated heterocycles. The summed E-state index contributed by atoms with van der Waals surface area (Å²) in [5.74, 6) is 0.874. The highest BCUT2D eigenvalue weighted by molar-refractivity contribution is 5.85. The molecule has 0 heterocycles. The van der Waals surface area contributed by atoms with E-state index in [-0.39, 0.29) is 24.8 Å². The summed E-state index contributed by atoms with van der Waals surface area (Å²) in [7, 11) is 1.67. The molecule has 2 aromatic rings. The highest BCUT2D eigenvalue weighted by Crippen LogP contribution is 2.14. The molecule has 0 aliphatic heterocycles. The number of benzene rings is 2. The largest absolute Gasteiger partial charge is 0.497 e. The van der Waals surface area contributed by atoms with E-state index in [2.05, 4.69) is 24.4 Å². The first-order valence-corrected chi connectivity index (χ1v) is 7.28. The summed E-state index contributed by atoms with van der Waals surface area (Å²) in [6.45, 7) is 2.68. The second kappa shape index (κ2) is 11.3. The van der Waals surface area contributed by atoms with Gasteiger partial charge in [-0.3, -0.25) is 0 Å². The lowest BCUT2D eigenvalue weighted by Crippen LogP contribution is -2.32. The van der Waals surface area contributed by atoms with Crippen LogP contribution in [0.25, 0.3) is 0 Å². The van der Waals surface area contributed by atoms with Crippen molar-refractivity contribution in [3.05, 3.63) is 65.7 Å². The molecule has 0 amide bonds. The molecule has 0 aromatic heterocycles. The molecule has 2 N–H and O–H groups in total. The number of aliphatic hydroxyl groups excluding tert-OH is 1. The Kier molecular flexibility index (Phi) is 10.7. The van der Waals surface area contributed by atoms with E-state index in [1.165, 1.54) is 5.56 Å². The van der Waals surface area contributed by atoms with Crippen molar-refractivity contribution in [2.45, 2.75) is 25.5 Å². The minimum Gasteiger partial charge on any atom is -0.497 e. The van der Waals surface area contributed by atoms with Crippen LogP contribution in [0, 0.1) is 0 Å². The van der Waals surface area contributed by atoms with Gasteiger partial charge in [-0.25, -0.2) is 0 Å².